The van der Waals surface area contributed by atoms with Gasteiger partial charge in [0.1, 0.15) is 6.07 Å². The van der Waals surface area contributed by atoms with E-state index in [0.29, 0.717) is 29.0 Å². The highest BCUT2D eigenvalue weighted by molar-refractivity contribution is 7.94. The van der Waals surface area contributed by atoms with Gasteiger partial charge in [0.15, 0.2) is 15.4 Å². The third-order valence-electron chi connectivity index (χ3n) is 6.68. The van der Waals surface area contributed by atoms with Crippen LogP contribution in [0.5, 0.6) is 0 Å². The summed E-state index contributed by atoms with van der Waals surface area (Å²) in [4.78, 5) is 13.3. The minimum absolute atomic E-state index is 0.105. The van der Waals surface area contributed by atoms with Gasteiger partial charge >= 0.3 is 0 Å². The summed E-state index contributed by atoms with van der Waals surface area (Å²) in [7, 11) is -2.66. The molecule has 0 aromatic carbocycles. The Morgan fingerprint density at radius 3 is 2.68 bits per heavy atom. The van der Waals surface area contributed by atoms with Crippen molar-refractivity contribution in [3.8, 4) is 6.07 Å². The number of fused-ring (bicyclic) bond motifs is 1. The van der Waals surface area contributed by atoms with Crippen molar-refractivity contribution in [1.29, 1.82) is 5.26 Å². The van der Waals surface area contributed by atoms with Crippen LogP contribution in [0.2, 0.25) is 0 Å². The first-order chi connectivity index (χ1) is 15.9. The van der Waals surface area contributed by atoms with Crippen LogP contribution in [-0.2, 0) is 38.8 Å². The number of thiophene rings is 1. The van der Waals surface area contributed by atoms with Gasteiger partial charge in [0.25, 0.3) is 0 Å². The van der Waals surface area contributed by atoms with Crippen LogP contribution in [0, 0.1) is 17.2 Å². The summed E-state index contributed by atoms with van der Waals surface area (Å²) in [5.74, 6) is -3.48. The molecule has 3 aliphatic rings. The number of nitrogens with one attached hydrogen (secondary N) is 1. The highest BCUT2D eigenvalue weighted by Crippen LogP contribution is 2.50. The maximum absolute atomic E-state index is 13.6. The number of primary amides is 1. The molecule has 0 saturated heterocycles. The van der Waals surface area contributed by atoms with Crippen LogP contribution >= 0.6 is 11.3 Å². The van der Waals surface area contributed by atoms with E-state index in [4.69, 9.17) is 10.5 Å². The lowest BCUT2D eigenvalue weighted by molar-refractivity contribution is -0.117. The number of halogens is 2. The monoisotopic (exact) mass is 511 g/mol. The predicted octanol–water partition coefficient (Wildman–Crippen LogP) is 2.85. The molecule has 184 valence electrons. The molecule has 1 atom stereocenters. The van der Waals surface area contributed by atoms with Gasteiger partial charge in [-0.2, -0.15) is 5.26 Å². The molecule has 1 unspecified atom stereocenters. The number of carbonyl (C=O) groups excluding carboxylic acids is 1. The number of methoxy groups -OCH3 is 1. The third-order valence-corrected chi connectivity index (χ3v) is 9.34. The summed E-state index contributed by atoms with van der Waals surface area (Å²) in [6.07, 6.45) is 3.12. The van der Waals surface area contributed by atoms with Crippen molar-refractivity contribution in [3.63, 3.8) is 0 Å². The van der Waals surface area contributed by atoms with E-state index in [1.54, 1.807) is 6.08 Å². The van der Waals surface area contributed by atoms with Gasteiger partial charge in [-0.1, -0.05) is 11.6 Å². The predicted molar refractivity (Wildman–Crippen MR) is 125 cm³/mol. The standard InChI is InChI=1S/C23H27F2N3O4S2/c1-32-22(12-26)8-13(7-19(27)29)5-16(21(22)34(2,30)31)20-15(6-14-9-23(24,25)10-14)17-11-28-4-3-18(17)33-20/h5,14,28H,3-4,6-11H2,1-2H3,(H2,27,29). The number of ether oxygens (including phenoxy) is 1. The maximum Gasteiger partial charge on any atom is 0.248 e. The molecule has 3 N–H and O–H groups in total. The highest BCUT2D eigenvalue weighted by atomic mass is 32.2. The quantitative estimate of drug-likeness (QED) is 0.581. The first-order valence-electron chi connectivity index (χ1n) is 11.0. The fourth-order valence-corrected chi connectivity index (χ4v) is 8.06. The molecule has 1 aromatic heterocycles. The lowest BCUT2D eigenvalue weighted by Crippen LogP contribution is -2.39. The van der Waals surface area contributed by atoms with Gasteiger partial charge in [0, 0.05) is 67.5 Å². The van der Waals surface area contributed by atoms with Crippen molar-refractivity contribution in [2.75, 3.05) is 19.9 Å². The van der Waals surface area contributed by atoms with Crippen molar-refractivity contribution < 1.29 is 26.7 Å². The number of nitrogens with two attached hydrogens (primary N) is 1. The van der Waals surface area contributed by atoms with Gasteiger partial charge < -0.3 is 15.8 Å². The first-order valence-corrected chi connectivity index (χ1v) is 13.7. The summed E-state index contributed by atoms with van der Waals surface area (Å²) < 4.78 is 58.8. The Hall–Kier alpha value is -2.13. The molecule has 4 rings (SSSR count). The van der Waals surface area contributed by atoms with Crippen LogP contribution < -0.4 is 11.1 Å². The Morgan fingerprint density at radius 1 is 1.41 bits per heavy atom. The number of sulfone groups is 1. The summed E-state index contributed by atoms with van der Waals surface area (Å²) in [6.45, 7) is 1.33. The molecule has 1 saturated carbocycles. The molecule has 1 aromatic rings. The molecule has 11 heteroatoms. The molecule has 1 aliphatic heterocycles. The molecular weight excluding hydrogens is 484 g/mol. The fraction of sp³-hybridized carbons (Fsp3) is 0.565. The van der Waals surface area contributed by atoms with Gasteiger partial charge in [0.05, 0.1) is 4.91 Å². The minimum atomic E-state index is -3.92. The molecule has 2 aliphatic carbocycles. The second-order valence-electron chi connectivity index (χ2n) is 9.35. The number of alkyl halides is 2. The molecule has 2 heterocycles. The molecule has 0 radical (unpaired) electrons. The van der Waals surface area contributed by atoms with E-state index in [0.717, 1.165) is 35.2 Å². The molecule has 0 spiro atoms. The van der Waals surface area contributed by atoms with E-state index in [-0.39, 0.29) is 36.5 Å². The molecule has 34 heavy (non-hydrogen) atoms. The Morgan fingerprint density at radius 2 is 2.12 bits per heavy atom. The largest absolute Gasteiger partial charge is 0.369 e. The maximum atomic E-state index is 13.6. The van der Waals surface area contributed by atoms with E-state index in [9.17, 15) is 27.3 Å². The normalized spacial score (nSPS) is 24.7. The molecule has 1 amide bonds. The number of nitrogens with zero attached hydrogens (tertiary/aromatic N) is 1. The molecule has 7 nitrogen and oxygen atoms in total. The Balaban J connectivity index is 1.96. The number of hydrogen-bond donors (Lipinski definition) is 2. The average Bonchev–Trinajstić information content (AvgIpc) is 3.09. The summed E-state index contributed by atoms with van der Waals surface area (Å²) in [5.41, 5.74) is 6.24. The van der Waals surface area contributed by atoms with Gasteiger partial charge in [-0.15, -0.1) is 11.3 Å². The van der Waals surface area contributed by atoms with Crippen molar-refractivity contribution in [2.45, 2.75) is 56.6 Å². The van der Waals surface area contributed by atoms with E-state index in [2.05, 4.69) is 5.32 Å². The van der Waals surface area contributed by atoms with Gasteiger partial charge in [-0.3, -0.25) is 4.79 Å². The number of nitriles is 1. The van der Waals surface area contributed by atoms with Crippen molar-refractivity contribution in [2.24, 2.45) is 11.7 Å². The summed E-state index contributed by atoms with van der Waals surface area (Å²) in [6, 6.07) is 2.02. The zero-order valence-corrected chi connectivity index (χ0v) is 20.7. The second-order valence-corrected chi connectivity index (χ2v) is 12.4. The Kier molecular flexibility index (Phi) is 6.48. The van der Waals surface area contributed by atoms with Crippen LogP contribution in [0.25, 0.3) is 5.57 Å². The topological polar surface area (TPSA) is 122 Å². The number of carbonyl (C=O) groups is 1. The molecule has 0 bridgehead atoms. The number of amides is 1. The van der Waals surface area contributed by atoms with Gasteiger partial charge in [-0.25, -0.2) is 17.2 Å². The molecule has 1 fully saturated rings. The van der Waals surface area contributed by atoms with Crippen LogP contribution in [0.15, 0.2) is 16.6 Å². The number of rotatable bonds is 7. The number of allylic oxidation sites excluding steroid dienone is 2. The smallest absolute Gasteiger partial charge is 0.248 e. The fourth-order valence-electron chi connectivity index (χ4n) is 5.27. The minimum Gasteiger partial charge on any atom is -0.369 e. The van der Waals surface area contributed by atoms with E-state index in [1.165, 1.54) is 18.4 Å². The van der Waals surface area contributed by atoms with Crippen LogP contribution in [-0.4, -0.2) is 45.8 Å². The van der Waals surface area contributed by atoms with E-state index < -0.39 is 27.3 Å². The van der Waals surface area contributed by atoms with Crippen molar-refractivity contribution >= 4 is 32.7 Å². The van der Waals surface area contributed by atoms with Crippen LogP contribution in [0.1, 0.15) is 46.6 Å². The summed E-state index contributed by atoms with van der Waals surface area (Å²) >= 11 is 1.43. The SMILES string of the molecule is COC1(C#N)CC(CC(N)=O)=CC(c2sc3c(c2CC2CC(F)(F)C2)CNCC3)=C1S(C)(=O)=O. The zero-order valence-electron chi connectivity index (χ0n) is 19.0. The van der Waals surface area contributed by atoms with Gasteiger partial charge in [-0.05, 0) is 29.9 Å². The Labute approximate surface area is 201 Å². The average molecular weight is 512 g/mol. The molecular formula is C23H27F2N3O4S2. The van der Waals surface area contributed by atoms with E-state index >= 15 is 0 Å². The van der Waals surface area contributed by atoms with Crippen molar-refractivity contribution in [3.05, 3.63) is 37.4 Å². The lowest BCUT2D eigenvalue weighted by Gasteiger charge is -2.36. The second kappa shape index (κ2) is 8.82. The number of hydrogen-bond acceptors (Lipinski definition) is 7. The summed E-state index contributed by atoms with van der Waals surface area (Å²) in [5, 5.41) is 13.4. The van der Waals surface area contributed by atoms with Crippen LogP contribution in [0.3, 0.4) is 0 Å². The third kappa shape index (κ3) is 4.56. The highest BCUT2D eigenvalue weighted by Gasteiger charge is 2.48. The van der Waals surface area contributed by atoms with E-state index in [1.807, 2.05) is 6.07 Å². The van der Waals surface area contributed by atoms with Crippen LogP contribution in [0.4, 0.5) is 8.78 Å². The Bertz CT molecular complexity index is 1240. The van der Waals surface area contributed by atoms with Gasteiger partial charge in [0.2, 0.25) is 11.8 Å². The zero-order chi connectivity index (χ0) is 24.9. The lowest BCUT2D eigenvalue weighted by atomic mass is 9.76. The first kappa shape index (κ1) is 25.0. The van der Waals surface area contributed by atoms with Crippen molar-refractivity contribution in [1.82, 2.24) is 5.32 Å².